The smallest absolute Gasteiger partial charge is 0.156 e. The van der Waals surface area contributed by atoms with Gasteiger partial charge in [-0.2, -0.15) is 0 Å². The largest absolute Gasteiger partial charge is 0.315 e. The summed E-state index contributed by atoms with van der Waals surface area (Å²) in [6, 6.07) is 0. The van der Waals surface area contributed by atoms with E-state index in [-0.39, 0.29) is 11.2 Å². The number of hydrogen-bond acceptors (Lipinski definition) is 3. The molecule has 0 aromatic rings. The predicted molar refractivity (Wildman–Crippen MR) is 78.0 cm³/mol. The summed E-state index contributed by atoms with van der Waals surface area (Å²) in [5.41, 5.74) is 0.201. The van der Waals surface area contributed by atoms with E-state index < -0.39 is 14.6 Å². The Hall–Kier alpha value is 0.200. The standard InChI is InChI=1S/C13H26ClNO2S/c1-12(2,3)18(16,17)9-8-15-11-13(10-14)6-4-5-7-13/h15H,4-11H2,1-3H3. The maximum Gasteiger partial charge on any atom is 0.156 e. The van der Waals surface area contributed by atoms with Gasteiger partial charge in [0.25, 0.3) is 0 Å². The van der Waals surface area contributed by atoms with Crippen molar-refractivity contribution in [3.05, 3.63) is 0 Å². The monoisotopic (exact) mass is 295 g/mol. The second-order valence-electron chi connectivity index (χ2n) is 6.45. The highest BCUT2D eigenvalue weighted by atomic mass is 35.5. The zero-order valence-electron chi connectivity index (χ0n) is 11.8. The molecule has 0 aliphatic heterocycles. The van der Waals surface area contributed by atoms with Crippen LogP contribution in [0.5, 0.6) is 0 Å². The van der Waals surface area contributed by atoms with Crippen LogP contribution in [0.3, 0.4) is 0 Å². The Kier molecular flexibility index (Phi) is 5.51. The second-order valence-corrected chi connectivity index (χ2v) is 9.58. The lowest BCUT2D eigenvalue weighted by atomic mass is 9.88. The molecule has 0 heterocycles. The summed E-state index contributed by atoms with van der Waals surface area (Å²) in [6.45, 7) is 6.62. The van der Waals surface area contributed by atoms with Crippen molar-refractivity contribution in [1.29, 1.82) is 0 Å². The molecule has 1 N–H and O–H groups in total. The summed E-state index contributed by atoms with van der Waals surface area (Å²) >= 11 is 6.05. The molecule has 18 heavy (non-hydrogen) atoms. The average Bonchev–Trinajstić information content (AvgIpc) is 2.72. The quantitative estimate of drug-likeness (QED) is 0.605. The van der Waals surface area contributed by atoms with Crippen LogP contribution in [0.4, 0.5) is 0 Å². The third-order valence-corrected chi connectivity index (χ3v) is 7.10. The van der Waals surface area contributed by atoms with Gasteiger partial charge in [-0.05, 0) is 39.0 Å². The first-order valence-corrected chi connectivity index (χ1v) is 8.90. The van der Waals surface area contributed by atoms with Crippen LogP contribution in [0.2, 0.25) is 0 Å². The Labute approximate surface area is 117 Å². The highest BCUT2D eigenvalue weighted by Gasteiger charge is 2.33. The highest BCUT2D eigenvalue weighted by molar-refractivity contribution is 7.92. The van der Waals surface area contributed by atoms with E-state index in [1.165, 1.54) is 12.8 Å². The van der Waals surface area contributed by atoms with Crippen molar-refractivity contribution in [2.24, 2.45) is 5.41 Å². The van der Waals surface area contributed by atoms with Gasteiger partial charge in [0, 0.05) is 19.0 Å². The van der Waals surface area contributed by atoms with Crippen molar-refractivity contribution >= 4 is 21.4 Å². The Balaban J connectivity index is 2.35. The van der Waals surface area contributed by atoms with Crippen molar-refractivity contribution in [3.8, 4) is 0 Å². The summed E-state index contributed by atoms with van der Waals surface area (Å²) < 4.78 is 23.2. The number of nitrogens with one attached hydrogen (secondary N) is 1. The zero-order valence-corrected chi connectivity index (χ0v) is 13.3. The SMILES string of the molecule is CC(C)(C)S(=O)(=O)CCNCC1(CCl)CCCC1. The van der Waals surface area contributed by atoms with Gasteiger partial charge in [-0.1, -0.05) is 12.8 Å². The predicted octanol–water partition coefficient (Wildman–Crippen LogP) is 2.59. The summed E-state index contributed by atoms with van der Waals surface area (Å²) in [5, 5.41) is 3.28. The maximum atomic E-state index is 11.9. The van der Waals surface area contributed by atoms with Crippen molar-refractivity contribution in [2.75, 3.05) is 24.7 Å². The molecule has 5 heteroatoms. The molecule has 1 aliphatic carbocycles. The van der Waals surface area contributed by atoms with E-state index in [1.807, 2.05) is 0 Å². The van der Waals surface area contributed by atoms with Crippen LogP contribution < -0.4 is 5.32 Å². The summed E-state index contributed by atoms with van der Waals surface area (Å²) in [6.07, 6.45) is 4.81. The molecule has 0 spiro atoms. The van der Waals surface area contributed by atoms with E-state index >= 15 is 0 Å². The molecule has 108 valence electrons. The molecular formula is C13H26ClNO2S. The normalized spacial score (nSPS) is 20.2. The Morgan fingerprint density at radius 1 is 1.22 bits per heavy atom. The Morgan fingerprint density at radius 3 is 2.22 bits per heavy atom. The minimum Gasteiger partial charge on any atom is -0.315 e. The molecule has 0 saturated heterocycles. The van der Waals surface area contributed by atoms with Crippen LogP contribution in [0.25, 0.3) is 0 Å². The molecule has 0 bridgehead atoms. The minimum atomic E-state index is -3.02. The molecule has 0 aromatic heterocycles. The number of hydrogen-bond donors (Lipinski definition) is 1. The third kappa shape index (κ3) is 4.10. The van der Waals surface area contributed by atoms with Crippen molar-refractivity contribution in [1.82, 2.24) is 5.32 Å². The van der Waals surface area contributed by atoms with E-state index in [0.29, 0.717) is 12.4 Å². The molecule has 1 rings (SSSR count). The highest BCUT2D eigenvalue weighted by Crippen LogP contribution is 2.38. The van der Waals surface area contributed by atoms with E-state index in [2.05, 4.69) is 5.32 Å². The van der Waals surface area contributed by atoms with E-state index in [0.717, 1.165) is 19.4 Å². The molecule has 0 amide bonds. The lowest BCUT2D eigenvalue weighted by molar-refractivity contribution is 0.324. The van der Waals surface area contributed by atoms with Gasteiger partial charge in [-0.3, -0.25) is 0 Å². The second kappa shape index (κ2) is 6.10. The van der Waals surface area contributed by atoms with Gasteiger partial charge < -0.3 is 5.32 Å². The molecule has 3 nitrogen and oxygen atoms in total. The van der Waals surface area contributed by atoms with Gasteiger partial charge in [0.2, 0.25) is 0 Å². The van der Waals surface area contributed by atoms with Gasteiger partial charge in [-0.25, -0.2) is 8.42 Å². The van der Waals surface area contributed by atoms with Crippen molar-refractivity contribution in [3.63, 3.8) is 0 Å². The van der Waals surface area contributed by atoms with E-state index in [4.69, 9.17) is 11.6 Å². The van der Waals surface area contributed by atoms with Gasteiger partial charge in [-0.15, -0.1) is 11.6 Å². The number of halogens is 1. The fraction of sp³-hybridized carbons (Fsp3) is 1.00. The maximum absolute atomic E-state index is 11.9. The Bertz CT molecular complexity index is 354. The molecular weight excluding hydrogens is 270 g/mol. The summed E-state index contributed by atoms with van der Waals surface area (Å²) in [4.78, 5) is 0. The van der Waals surface area contributed by atoms with E-state index in [9.17, 15) is 8.42 Å². The van der Waals surface area contributed by atoms with Crippen molar-refractivity contribution < 1.29 is 8.42 Å². The lowest BCUT2D eigenvalue weighted by Crippen LogP contribution is -2.39. The molecule has 0 radical (unpaired) electrons. The Morgan fingerprint density at radius 2 is 1.78 bits per heavy atom. The molecule has 1 aliphatic rings. The average molecular weight is 296 g/mol. The fourth-order valence-corrected chi connectivity index (χ4v) is 3.74. The number of alkyl halides is 1. The van der Waals surface area contributed by atoms with E-state index in [1.54, 1.807) is 20.8 Å². The number of sulfone groups is 1. The van der Waals surface area contributed by atoms with Crippen LogP contribution in [0, 0.1) is 5.41 Å². The zero-order chi connectivity index (χ0) is 13.9. The molecule has 0 aromatic carbocycles. The number of rotatable bonds is 6. The molecule has 0 unspecified atom stereocenters. The van der Waals surface area contributed by atoms with Crippen LogP contribution in [0.15, 0.2) is 0 Å². The van der Waals surface area contributed by atoms with Crippen LogP contribution in [0.1, 0.15) is 46.5 Å². The van der Waals surface area contributed by atoms with Gasteiger partial charge in [0.05, 0.1) is 10.5 Å². The first-order valence-electron chi connectivity index (χ1n) is 6.71. The first-order chi connectivity index (χ1) is 8.22. The van der Waals surface area contributed by atoms with Gasteiger partial charge >= 0.3 is 0 Å². The van der Waals surface area contributed by atoms with Crippen molar-refractivity contribution in [2.45, 2.75) is 51.2 Å². The summed E-state index contributed by atoms with van der Waals surface area (Å²) in [5.74, 6) is 0.876. The fourth-order valence-electron chi connectivity index (χ4n) is 2.35. The van der Waals surface area contributed by atoms with Gasteiger partial charge in [0.1, 0.15) is 0 Å². The molecule has 1 saturated carbocycles. The van der Waals surface area contributed by atoms with Crippen LogP contribution in [-0.4, -0.2) is 37.9 Å². The third-order valence-electron chi connectivity index (χ3n) is 3.93. The molecule has 1 fully saturated rings. The van der Waals surface area contributed by atoms with Crippen LogP contribution in [-0.2, 0) is 9.84 Å². The molecule has 0 atom stereocenters. The first kappa shape index (κ1) is 16.3. The lowest BCUT2D eigenvalue weighted by Gasteiger charge is -2.27. The minimum absolute atomic E-state index is 0.201. The van der Waals surface area contributed by atoms with Gasteiger partial charge in [0.15, 0.2) is 9.84 Å². The topological polar surface area (TPSA) is 46.2 Å². The van der Waals surface area contributed by atoms with Crippen LogP contribution >= 0.6 is 11.6 Å². The summed E-state index contributed by atoms with van der Waals surface area (Å²) in [7, 11) is -3.02.